The molecule has 0 radical (unpaired) electrons. The Kier molecular flexibility index (Phi) is 12.8. The first-order chi connectivity index (χ1) is 16.5. The van der Waals surface area contributed by atoms with Gasteiger partial charge in [0, 0.05) is 37.1 Å². The molecule has 2 atom stereocenters. The number of nitrogens with zero attached hydrogens (tertiary/aromatic N) is 2. The number of nitrogens with one attached hydrogen (secondary N) is 1. The number of rotatable bonds is 17. The first-order valence-corrected chi connectivity index (χ1v) is 12.3. The summed E-state index contributed by atoms with van der Waals surface area (Å²) in [6.07, 6.45) is 13.6. The van der Waals surface area contributed by atoms with Gasteiger partial charge >= 0.3 is 0 Å². The molecule has 8 nitrogen and oxygen atoms in total. The molecule has 0 aliphatic carbocycles. The summed E-state index contributed by atoms with van der Waals surface area (Å²) in [6, 6.07) is 10.7. The maximum Gasteiger partial charge on any atom is 0.269 e. The van der Waals surface area contributed by atoms with Gasteiger partial charge in [-0.25, -0.2) is 4.57 Å². The molecule has 0 unspecified atom stereocenters. The Balaban J connectivity index is 1.51. The number of amides is 1. The standard InChI is InChI=1S/C26H37N3O5/c30-21-24(26(32)22-14-16-23(17-15-22)29(33)34)27-25(31)13-9-6-4-2-1-3-5-7-10-18-28-19-11-8-12-20-28/h8,11-12,14-17,19-20,24,26,30,32H,1-7,9-10,13,18,21H2/p+1/t24-,26+/m1/s1. The van der Waals surface area contributed by atoms with Crippen LogP contribution in [0.5, 0.6) is 0 Å². The van der Waals surface area contributed by atoms with Gasteiger partial charge < -0.3 is 15.5 Å². The maximum absolute atomic E-state index is 12.2. The Morgan fingerprint density at radius 3 is 2.03 bits per heavy atom. The molecule has 186 valence electrons. The van der Waals surface area contributed by atoms with E-state index in [9.17, 15) is 25.1 Å². The molecule has 0 aliphatic heterocycles. The highest BCUT2D eigenvalue weighted by molar-refractivity contribution is 5.76. The zero-order valence-corrected chi connectivity index (χ0v) is 19.8. The van der Waals surface area contributed by atoms with E-state index < -0.39 is 23.7 Å². The van der Waals surface area contributed by atoms with Gasteiger partial charge in [-0.05, 0) is 30.5 Å². The Morgan fingerprint density at radius 1 is 0.912 bits per heavy atom. The molecule has 8 heteroatoms. The maximum atomic E-state index is 12.2. The van der Waals surface area contributed by atoms with Crippen LogP contribution in [0, 0.1) is 10.1 Å². The Labute approximate surface area is 201 Å². The monoisotopic (exact) mass is 472 g/mol. The predicted molar refractivity (Wildman–Crippen MR) is 130 cm³/mol. The zero-order valence-electron chi connectivity index (χ0n) is 19.8. The number of aliphatic hydroxyl groups excluding tert-OH is 2. The number of nitro benzene ring substituents is 1. The molecule has 34 heavy (non-hydrogen) atoms. The molecule has 0 fully saturated rings. The molecular formula is C26H38N3O5+. The molecule has 0 saturated heterocycles. The van der Waals surface area contributed by atoms with Crippen molar-refractivity contribution >= 4 is 11.6 Å². The van der Waals surface area contributed by atoms with E-state index in [4.69, 9.17) is 0 Å². The Morgan fingerprint density at radius 2 is 1.47 bits per heavy atom. The summed E-state index contributed by atoms with van der Waals surface area (Å²) in [4.78, 5) is 22.4. The van der Waals surface area contributed by atoms with Crippen LogP contribution in [-0.2, 0) is 11.3 Å². The van der Waals surface area contributed by atoms with Crippen molar-refractivity contribution in [2.75, 3.05) is 6.61 Å². The summed E-state index contributed by atoms with van der Waals surface area (Å²) < 4.78 is 2.22. The van der Waals surface area contributed by atoms with Crippen LogP contribution in [0.2, 0.25) is 0 Å². The van der Waals surface area contributed by atoms with E-state index >= 15 is 0 Å². The van der Waals surface area contributed by atoms with Crippen molar-refractivity contribution < 1.29 is 24.5 Å². The van der Waals surface area contributed by atoms with Crippen LogP contribution in [0.1, 0.15) is 75.9 Å². The van der Waals surface area contributed by atoms with Crippen molar-refractivity contribution in [1.82, 2.24) is 5.32 Å². The number of benzene rings is 1. The normalized spacial score (nSPS) is 12.8. The summed E-state index contributed by atoms with van der Waals surface area (Å²) >= 11 is 0. The van der Waals surface area contributed by atoms with Gasteiger partial charge in [-0.2, -0.15) is 0 Å². The van der Waals surface area contributed by atoms with E-state index in [1.807, 2.05) is 6.07 Å². The third-order valence-corrected chi connectivity index (χ3v) is 5.97. The summed E-state index contributed by atoms with van der Waals surface area (Å²) in [7, 11) is 0. The van der Waals surface area contributed by atoms with E-state index in [1.165, 1.54) is 62.8 Å². The highest BCUT2D eigenvalue weighted by Crippen LogP contribution is 2.20. The smallest absolute Gasteiger partial charge is 0.269 e. The quantitative estimate of drug-likeness (QED) is 0.139. The molecule has 1 aromatic carbocycles. The van der Waals surface area contributed by atoms with Crippen LogP contribution in [0.4, 0.5) is 5.69 Å². The van der Waals surface area contributed by atoms with E-state index in [0.29, 0.717) is 12.0 Å². The lowest BCUT2D eigenvalue weighted by atomic mass is 10.0. The number of aromatic nitrogens is 1. The third-order valence-electron chi connectivity index (χ3n) is 5.97. The first kappa shape index (κ1) is 27.4. The van der Waals surface area contributed by atoms with E-state index in [0.717, 1.165) is 25.8 Å². The van der Waals surface area contributed by atoms with Crippen molar-refractivity contribution in [3.05, 3.63) is 70.5 Å². The number of pyridine rings is 1. The van der Waals surface area contributed by atoms with Crippen molar-refractivity contribution in [2.45, 2.75) is 82.9 Å². The number of nitro groups is 1. The van der Waals surface area contributed by atoms with E-state index in [-0.39, 0.29) is 11.6 Å². The molecule has 0 saturated carbocycles. The fraction of sp³-hybridized carbons (Fsp3) is 0.538. The second kappa shape index (κ2) is 15.9. The minimum Gasteiger partial charge on any atom is -0.394 e. The van der Waals surface area contributed by atoms with Gasteiger partial charge in [0.15, 0.2) is 12.4 Å². The lowest BCUT2D eigenvalue weighted by Crippen LogP contribution is -2.41. The second-order valence-electron chi connectivity index (χ2n) is 8.70. The average molecular weight is 473 g/mol. The third kappa shape index (κ3) is 10.4. The Hall–Kier alpha value is -2.84. The van der Waals surface area contributed by atoms with Crippen molar-refractivity contribution in [3.8, 4) is 0 Å². The van der Waals surface area contributed by atoms with Crippen LogP contribution in [0.15, 0.2) is 54.9 Å². The number of unbranched alkanes of at least 4 members (excludes halogenated alkanes) is 8. The van der Waals surface area contributed by atoms with Crippen LogP contribution >= 0.6 is 0 Å². The van der Waals surface area contributed by atoms with Crippen molar-refractivity contribution in [3.63, 3.8) is 0 Å². The van der Waals surface area contributed by atoms with Gasteiger partial charge in [-0.3, -0.25) is 14.9 Å². The van der Waals surface area contributed by atoms with Crippen LogP contribution < -0.4 is 9.88 Å². The van der Waals surface area contributed by atoms with Gasteiger partial charge in [-0.1, -0.05) is 44.6 Å². The second-order valence-corrected chi connectivity index (χ2v) is 8.70. The fourth-order valence-electron chi connectivity index (χ4n) is 3.93. The molecule has 0 bridgehead atoms. The van der Waals surface area contributed by atoms with Crippen molar-refractivity contribution in [1.29, 1.82) is 0 Å². The average Bonchev–Trinajstić information content (AvgIpc) is 2.86. The molecule has 2 rings (SSSR count). The zero-order chi connectivity index (χ0) is 24.6. The van der Waals surface area contributed by atoms with Gasteiger partial charge in [0.1, 0.15) is 12.6 Å². The summed E-state index contributed by atoms with van der Waals surface area (Å²) in [5.41, 5.74) is 0.325. The van der Waals surface area contributed by atoms with Gasteiger partial charge in [0.05, 0.1) is 17.6 Å². The summed E-state index contributed by atoms with van der Waals surface area (Å²) in [6.45, 7) is 0.652. The van der Waals surface area contributed by atoms with E-state index in [2.05, 4.69) is 34.4 Å². The SMILES string of the molecule is O=C(CCCCCCCCCCC[n+]1ccccc1)N[C@H](CO)[C@@H](O)c1ccc([N+](=O)[O-])cc1. The van der Waals surface area contributed by atoms with E-state index in [1.54, 1.807) is 0 Å². The van der Waals surface area contributed by atoms with Gasteiger partial charge in [0.25, 0.3) is 5.69 Å². The van der Waals surface area contributed by atoms with Crippen LogP contribution in [-0.4, -0.2) is 33.7 Å². The molecule has 0 aliphatic rings. The minimum absolute atomic E-state index is 0.0808. The lowest BCUT2D eigenvalue weighted by molar-refractivity contribution is -0.697. The summed E-state index contributed by atoms with van der Waals surface area (Å²) in [5.74, 6) is -0.212. The van der Waals surface area contributed by atoms with Gasteiger partial charge in [0.2, 0.25) is 5.91 Å². The lowest BCUT2D eigenvalue weighted by Gasteiger charge is -2.22. The Bertz CT molecular complexity index is 845. The molecule has 0 spiro atoms. The molecule has 2 aromatic rings. The topological polar surface area (TPSA) is 117 Å². The van der Waals surface area contributed by atoms with Crippen molar-refractivity contribution in [2.24, 2.45) is 0 Å². The number of aryl methyl sites for hydroxylation is 1. The molecule has 3 N–H and O–H groups in total. The van der Waals surface area contributed by atoms with Crippen LogP contribution in [0.25, 0.3) is 0 Å². The number of carbonyl (C=O) groups excluding carboxylic acids is 1. The number of aliphatic hydroxyl groups is 2. The largest absolute Gasteiger partial charge is 0.394 e. The highest BCUT2D eigenvalue weighted by Gasteiger charge is 2.22. The summed E-state index contributed by atoms with van der Waals surface area (Å²) in [5, 5.41) is 33.4. The molecular weight excluding hydrogens is 434 g/mol. The highest BCUT2D eigenvalue weighted by atomic mass is 16.6. The minimum atomic E-state index is -1.14. The van der Waals surface area contributed by atoms with Gasteiger partial charge in [-0.15, -0.1) is 0 Å². The molecule has 1 heterocycles. The molecule has 1 aromatic heterocycles. The number of carbonyl (C=O) groups is 1. The number of non-ortho nitro benzene ring substituents is 1. The molecule has 1 amide bonds. The number of hydrogen-bond acceptors (Lipinski definition) is 5. The predicted octanol–water partition coefficient (Wildman–Crippen LogP) is 3.99. The number of hydrogen-bond donors (Lipinski definition) is 3. The fourth-order valence-corrected chi connectivity index (χ4v) is 3.93. The first-order valence-electron chi connectivity index (χ1n) is 12.3. The van der Waals surface area contributed by atoms with Crippen LogP contribution in [0.3, 0.4) is 0 Å².